The zero-order valence-electron chi connectivity index (χ0n) is 9.79. The smallest absolute Gasteiger partial charge is 0.286 e. The van der Waals surface area contributed by atoms with E-state index in [4.69, 9.17) is 4.74 Å². The number of halogens is 1. The van der Waals surface area contributed by atoms with Gasteiger partial charge in [0.05, 0.1) is 13.3 Å². The summed E-state index contributed by atoms with van der Waals surface area (Å²) >= 11 is 3.32. The topological polar surface area (TPSA) is 61.2 Å². The Morgan fingerprint density at radius 2 is 2.11 bits per heavy atom. The Bertz CT molecular complexity index is 666. The molecule has 5 nitrogen and oxygen atoms in total. The first kappa shape index (κ1) is 13.1. The zero-order valence-corrected chi connectivity index (χ0v) is 12.2. The fraction of sp³-hybridized carbons (Fsp3) is 0.182. The van der Waals surface area contributed by atoms with Crippen molar-refractivity contribution in [3.05, 3.63) is 40.6 Å². The van der Waals surface area contributed by atoms with Crippen LogP contribution in [0, 0.1) is 6.92 Å². The predicted octanol–water partition coefficient (Wildman–Crippen LogP) is 2.20. The second-order valence-corrected chi connectivity index (χ2v) is 6.25. The molecule has 0 bridgehead atoms. The third kappa shape index (κ3) is 2.15. The summed E-state index contributed by atoms with van der Waals surface area (Å²) in [5, 5.41) is 3.75. The van der Waals surface area contributed by atoms with Gasteiger partial charge >= 0.3 is 0 Å². The van der Waals surface area contributed by atoms with Crippen molar-refractivity contribution in [3.63, 3.8) is 0 Å². The van der Waals surface area contributed by atoms with Crippen LogP contribution in [0.15, 0.2) is 40.0 Å². The number of nitrogens with zero attached hydrogens (tertiary/aromatic N) is 2. The highest BCUT2D eigenvalue weighted by Gasteiger charge is 2.23. The molecule has 0 aliphatic heterocycles. The van der Waals surface area contributed by atoms with Crippen molar-refractivity contribution in [1.82, 2.24) is 9.19 Å². The van der Waals surface area contributed by atoms with Crippen LogP contribution in [0.1, 0.15) is 5.56 Å². The van der Waals surface area contributed by atoms with Crippen LogP contribution < -0.4 is 4.74 Å². The van der Waals surface area contributed by atoms with Gasteiger partial charge < -0.3 is 4.74 Å². The number of aryl methyl sites for hydroxylation is 1. The van der Waals surface area contributed by atoms with Crippen LogP contribution in [0.3, 0.4) is 0 Å². The molecule has 0 aliphatic carbocycles. The molecule has 2 rings (SSSR count). The van der Waals surface area contributed by atoms with Gasteiger partial charge in [-0.25, -0.2) is 0 Å². The van der Waals surface area contributed by atoms with Gasteiger partial charge in [-0.3, -0.25) is 0 Å². The van der Waals surface area contributed by atoms with E-state index in [1.165, 1.54) is 25.6 Å². The second-order valence-electron chi connectivity index (χ2n) is 3.64. The number of hydrogen-bond acceptors (Lipinski definition) is 4. The first-order valence-electron chi connectivity index (χ1n) is 5.06. The number of aromatic nitrogens is 2. The van der Waals surface area contributed by atoms with Crippen molar-refractivity contribution in [2.75, 3.05) is 7.11 Å². The number of hydrogen-bond donors (Lipinski definition) is 0. The summed E-state index contributed by atoms with van der Waals surface area (Å²) in [6.07, 6.45) is 2.79. The van der Waals surface area contributed by atoms with Gasteiger partial charge in [0.15, 0.2) is 0 Å². The lowest BCUT2D eigenvalue weighted by molar-refractivity contribution is 0.401. The van der Waals surface area contributed by atoms with Crippen molar-refractivity contribution in [2.24, 2.45) is 0 Å². The first-order valence-corrected chi connectivity index (χ1v) is 7.29. The molecule has 1 heterocycles. The number of methoxy groups -OCH3 is 1. The molecule has 1 aromatic carbocycles. The first-order chi connectivity index (χ1) is 8.46. The van der Waals surface area contributed by atoms with Crippen LogP contribution in [0.4, 0.5) is 0 Å². The van der Waals surface area contributed by atoms with Crippen LogP contribution in [-0.4, -0.2) is 24.7 Å². The molecule has 0 fully saturated rings. The van der Waals surface area contributed by atoms with E-state index in [9.17, 15) is 8.42 Å². The Labute approximate surface area is 114 Å². The zero-order chi connectivity index (χ0) is 13.3. The maximum absolute atomic E-state index is 12.3. The third-order valence-electron chi connectivity index (χ3n) is 2.45. The normalized spacial score (nSPS) is 11.5. The summed E-state index contributed by atoms with van der Waals surface area (Å²) in [5.74, 6) is 0.297. The molecular weight excluding hydrogens is 320 g/mol. The highest BCUT2D eigenvalue weighted by molar-refractivity contribution is 9.10. The summed E-state index contributed by atoms with van der Waals surface area (Å²) < 4.78 is 31.4. The quantitative estimate of drug-likeness (QED) is 0.865. The molecule has 0 saturated carbocycles. The Morgan fingerprint density at radius 1 is 1.39 bits per heavy atom. The molecule has 0 radical (unpaired) electrons. The van der Waals surface area contributed by atoms with E-state index in [1.54, 1.807) is 12.1 Å². The summed E-state index contributed by atoms with van der Waals surface area (Å²) in [6.45, 7) is 1.86. The molecule has 0 N–H and O–H groups in total. The van der Waals surface area contributed by atoms with Crippen LogP contribution in [0.25, 0.3) is 0 Å². The number of benzene rings is 1. The third-order valence-corrected chi connectivity index (χ3v) is 4.89. The van der Waals surface area contributed by atoms with E-state index in [2.05, 4.69) is 21.0 Å². The Hall–Kier alpha value is -1.34. The molecule has 7 heteroatoms. The summed E-state index contributed by atoms with van der Waals surface area (Å²) in [5.41, 5.74) is 0.895. The number of ether oxygens (including phenoxy) is 1. The summed E-state index contributed by atoms with van der Waals surface area (Å²) in [7, 11) is -2.29. The fourth-order valence-electron chi connectivity index (χ4n) is 1.50. The lowest BCUT2D eigenvalue weighted by Gasteiger charge is -2.11. The van der Waals surface area contributed by atoms with E-state index in [1.807, 2.05) is 6.92 Å². The lowest BCUT2D eigenvalue weighted by Crippen LogP contribution is -2.14. The van der Waals surface area contributed by atoms with Crippen LogP contribution in [0.5, 0.6) is 5.75 Å². The van der Waals surface area contributed by atoms with Gasteiger partial charge in [-0.05, 0) is 30.7 Å². The average Bonchev–Trinajstić information content (AvgIpc) is 2.86. The van der Waals surface area contributed by atoms with Crippen molar-refractivity contribution in [2.45, 2.75) is 11.8 Å². The SMILES string of the molecule is COc1cc(C)c(Br)cc1S(=O)(=O)n1cccn1. The molecule has 96 valence electrons. The van der Waals surface area contributed by atoms with Gasteiger partial charge in [-0.15, -0.1) is 0 Å². The maximum atomic E-state index is 12.3. The van der Waals surface area contributed by atoms with Gasteiger partial charge in [-0.1, -0.05) is 15.9 Å². The Kier molecular flexibility index (Phi) is 3.45. The van der Waals surface area contributed by atoms with Crippen molar-refractivity contribution in [1.29, 1.82) is 0 Å². The van der Waals surface area contributed by atoms with Crippen molar-refractivity contribution < 1.29 is 13.2 Å². The lowest BCUT2D eigenvalue weighted by atomic mass is 10.2. The molecule has 0 aliphatic rings. The summed E-state index contributed by atoms with van der Waals surface area (Å²) in [4.78, 5) is 0.0752. The minimum absolute atomic E-state index is 0.0752. The van der Waals surface area contributed by atoms with Gasteiger partial charge in [-0.2, -0.15) is 17.6 Å². The van der Waals surface area contributed by atoms with Crippen LogP contribution in [0.2, 0.25) is 0 Å². The Balaban J connectivity index is 2.68. The van der Waals surface area contributed by atoms with E-state index >= 15 is 0 Å². The van der Waals surface area contributed by atoms with Gasteiger partial charge in [0.2, 0.25) is 0 Å². The van der Waals surface area contributed by atoms with Crippen molar-refractivity contribution >= 4 is 26.0 Å². The predicted molar refractivity (Wildman–Crippen MR) is 70.2 cm³/mol. The van der Waals surface area contributed by atoms with Crippen LogP contribution >= 0.6 is 15.9 Å². The molecule has 18 heavy (non-hydrogen) atoms. The molecule has 2 aromatic rings. The van der Waals surface area contributed by atoms with Gasteiger partial charge in [0, 0.05) is 10.7 Å². The van der Waals surface area contributed by atoms with Crippen molar-refractivity contribution in [3.8, 4) is 5.75 Å². The molecular formula is C11H11BrN2O3S. The largest absolute Gasteiger partial charge is 0.495 e. The molecule has 0 atom stereocenters. The summed E-state index contributed by atoms with van der Waals surface area (Å²) in [6, 6.07) is 4.74. The fourth-order valence-corrected chi connectivity index (χ4v) is 3.26. The second kappa shape index (κ2) is 4.74. The standard InChI is InChI=1S/C11H11BrN2O3S/c1-8-6-10(17-2)11(7-9(8)12)18(15,16)14-5-3-4-13-14/h3-7H,1-2H3. The van der Waals surface area contributed by atoms with E-state index in [0.717, 1.165) is 9.65 Å². The highest BCUT2D eigenvalue weighted by atomic mass is 79.9. The van der Waals surface area contributed by atoms with E-state index in [0.29, 0.717) is 10.2 Å². The van der Waals surface area contributed by atoms with Gasteiger partial charge in [0.1, 0.15) is 10.6 Å². The minimum atomic E-state index is -3.73. The average molecular weight is 331 g/mol. The van der Waals surface area contributed by atoms with E-state index in [-0.39, 0.29) is 4.90 Å². The molecule has 1 aromatic heterocycles. The van der Waals surface area contributed by atoms with E-state index < -0.39 is 10.0 Å². The molecule has 0 unspecified atom stereocenters. The van der Waals surface area contributed by atoms with Gasteiger partial charge in [0.25, 0.3) is 10.0 Å². The monoisotopic (exact) mass is 330 g/mol. The molecule has 0 saturated heterocycles. The number of rotatable bonds is 3. The maximum Gasteiger partial charge on any atom is 0.286 e. The highest BCUT2D eigenvalue weighted by Crippen LogP contribution is 2.31. The molecule has 0 spiro atoms. The van der Waals surface area contributed by atoms with Crippen LogP contribution in [-0.2, 0) is 10.0 Å². The minimum Gasteiger partial charge on any atom is -0.495 e. The Morgan fingerprint density at radius 3 is 2.67 bits per heavy atom. The molecule has 0 amide bonds.